The number of rotatable bonds is 12. The number of phenols is 1. The number of phenolic OH excluding ortho intramolecular Hbond substituents is 1. The van der Waals surface area contributed by atoms with Crippen LogP contribution >= 0.6 is 0 Å². The lowest BCUT2D eigenvalue weighted by Crippen LogP contribution is -2.60. The van der Waals surface area contributed by atoms with Gasteiger partial charge in [-0.3, -0.25) is 34.0 Å². The fourth-order valence-corrected chi connectivity index (χ4v) is 7.18. The minimum absolute atomic E-state index is 0.0128. The summed E-state index contributed by atoms with van der Waals surface area (Å²) in [5.41, 5.74) is 23.5. The molecule has 0 saturated carbocycles. The molecule has 0 spiro atoms. The van der Waals surface area contributed by atoms with Crippen molar-refractivity contribution in [3.8, 4) is 5.75 Å². The van der Waals surface area contributed by atoms with Gasteiger partial charge >= 0.3 is 0 Å². The second kappa shape index (κ2) is 20.0. The molecule has 13 N–H and O–H groups in total. The number of nitrogens with two attached hydrogens (primary N) is 4. The number of aliphatic imine (C=N–C) groups is 2. The summed E-state index contributed by atoms with van der Waals surface area (Å²) in [7, 11) is 0. The topological polar surface area (TPSA) is 286 Å². The van der Waals surface area contributed by atoms with Gasteiger partial charge in [0.2, 0.25) is 29.5 Å². The minimum Gasteiger partial charge on any atom is -0.508 e. The summed E-state index contributed by atoms with van der Waals surface area (Å²) in [6.45, 7) is 0.586. The van der Waals surface area contributed by atoms with Gasteiger partial charge < -0.3 is 54.2 Å². The smallest absolute Gasteiger partial charge is 0.246 e. The molecule has 2 heterocycles. The lowest BCUT2D eigenvalue weighted by molar-refractivity contribution is -0.145. The quantitative estimate of drug-likeness (QED) is 0.0661. The number of guanidine groups is 2. The number of carbonyl (C=O) groups is 5. The molecule has 0 unspecified atom stereocenters. The highest BCUT2D eigenvalue weighted by Gasteiger charge is 2.39. The highest BCUT2D eigenvalue weighted by atomic mass is 16.3. The minimum atomic E-state index is -1.18. The Morgan fingerprint density at radius 3 is 1.77 bits per heavy atom. The summed E-state index contributed by atoms with van der Waals surface area (Å²) in [4.78, 5) is 80.9. The third-order valence-electron chi connectivity index (χ3n) is 10.1. The van der Waals surface area contributed by atoms with E-state index >= 15 is 0 Å². The number of aromatic hydroxyl groups is 1. The molecular weight excluding hydrogens is 731 g/mol. The fraction of sp³-hybridized carbons (Fsp3) is 0.425. The summed E-state index contributed by atoms with van der Waals surface area (Å²) in [6.07, 6.45) is 2.49. The number of hydrogen-bond donors (Lipinski definition) is 9. The fourth-order valence-electron chi connectivity index (χ4n) is 7.18. The van der Waals surface area contributed by atoms with Crippen LogP contribution in [-0.2, 0) is 36.8 Å². The summed E-state index contributed by atoms with van der Waals surface area (Å²) in [5.74, 6) is -3.21. The van der Waals surface area contributed by atoms with E-state index in [1.54, 1.807) is 12.1 Å². The summed E-state index contributed by atoms with van der Waals surface area (Å²) in [5, 5.41) is 23.2. The van der Waals surface area contributed by atoms with Crippen LogP contribution in [0.1, 0.15) is 56.1 Å². The molecule has 3 aromatic carbocycles. The first-order valence-electron chi connectivity index (χ1n) is 19.3. The number of carbonyl (C=O) groups excluding carboxylic acids is 5. The molecule has 3 aromatic rings. The monoisotopic (exact) mass is 783 g/mol. The molecule has 0 aliphatic carbocycles. The second-order valence-corrected chi connectivity index (χ2v) is 14.4. The number of nitrogens with zero attached hydrogens (tertiary/aromatic N) is 3. The molecule has 2 aliphatic heterocycles. The third-order valence-corrected chi connectivity index (χ3v) is 10.1. The number of fused-ring (bicyclic) bond motifs is 2. The van der Waals surface area contributed by atoms with E-state index in [-0.39, 0.29) is 69.4 Å². The van der Waals surface area contributed by atoms with E-state index < -0.39 is 59.7 Å². The van der Waals surface area contributed by atoms with Gasteiger partial charge in [0.15, 0.2) is 11.9 Å². The molecule has 304 valence electrons. The van der Waals surface area contributed by atoms with Gasteiger partial charge in [-0.25, -0.2) is 0 Å². The molecule has 17 heteroatoms. The lowest BCUT2D eigenvalue weighted by atomic mass is 9.96. The van der Waals surface area contributed by atoms with Crippen LogP contribution in [0.15, 0.2) is 76.7 Å². The van der Waals surface area contributed by atoms with E-state index in [9.17, 15) is 29.1 Å². The molecule has 0 radical (unpaired) electrons. The largest absolute Gasteiger partial charge is 0.508 e. The number of hydrogen-bond acceptors (Lipinski definition) is 8. The maximum Gasteiger partial charge on any atom is 0.246 e. The van der Waals surface area contributed by atoms with Crippen molar-refractivity contribution < 1.29 is 29.1 Å². The van der Waals surface area contributed by atoms with Crippen LogP contribution in [0.25, 0.3) is 10.8 Å². The number of benzene rings is 3. The van der Waals surface area contributed by atoms with E-state index in [1.165, 1.54) is 17.0 Å². The molecule has 0 bridgehead atoms. The molecule has 2 saturated heterocycles. The van der Waals surface area contributed by atoms with Crippen LogP contribution in [0.2, 0.25) is 0 Å². The highest BCUT2D eigenvalue weighted by Crippen LogP contribution is 2.22. The second-order valence-electron chi connectivity index (χ2n) is 14.4. The van der Waals surface area contributed by atoms with Gasteiger partial charge in [0.05, 0.1) is 0 Å². The van der Waals surface area contributed by atoms with Crippen molar-refractivity contribution >= 4 is 52.2 Å². The van der Waals surface area contributed by atoms with Crippen molar-refractivity contribution in [2.75, 3.05) is 19.6 Å². The molecule has 0 aromatic heterocycles. The molecule has 2 fully saturated rings. The van der Waals surface area contributed by atoms with Crippen LogP contribution in [-0.4, -0.2) is 101 Å². The van der Waals surface area contributed by atoms with Crippen LogP contribution in [0.4, 0.5) is 0 Å². The normalized spacial score (nSPS) is 22.1. The first-order valence-corrected chi connectivity index (χ1v) is 19.3. The Morgan fingerprint density at radius 1 is 0.632 bits per heavy atom. The predicted octanol–water partition coefficient (Wildman–Crippen LogP) is -0.228. The number of nitrogens with one attached hydrogen (secondary N) is 4. The SMILES string of the molecule is NC(N)=NCCC[C@@H]1NC(=O)[C@@H](CCCN=C(N)N)NC(=O)[C@@H](Cc2ccc(O)cc2)NC(=O)[C@H]2CCCCN2C(=O)[C@H](Cc2ccc3ccccc3c2)NC1=O. The zero-order valence-electron chi connectivity index (χ0n) is 31.9. The van der Waals surface area contributed by atoms with Crippen molar-refractivity contribution in [1.29, 1.82) is 0 Å². The van der Waals surface area contributed by atoms with Crippen LogP contribution in [0.5, 0.6) is 5.75 Å². The zero-order chi connectivity index (χ0) is 40.9. The molecule has 2 aliphatic rings. The molecule has 5 amide bonds. The summed E-state index contributed by atoms with van der Waals surface area (Å²) in [6, 6.07) is 14.2. The molecule has 5 atom stereocenters. The molecule has 5 rings (SSSR count). The Hall–Kier alpha value is -6.39. The van der Waals surface area contributed by atoms with Crippen molar-refractivity contribution in [1.82, 2.24) is 26.2 Å². The van der Waals surface area contributed by atoms with E-state index in [4.69, 9.17) is 22.9 Å². The summed E-state index contributed by atoms with van der Waals surface area (Å²) >= 11 is 0. The van der Waals surface area contributed by atoms with Crippen LogP contribution in [0.3, 0.4) is 0 Å². The summed E-state index contributed by atoms with van der Waals surface area (Å²) < 4.78 is 0. The maximum atomic E-state index is 14.7. The maximum absolute atomic E-state index is 14.7. The first kappa shape index (κ1) is 41.8. The average Bonchev–Trinajstić information content (AvgIpc) is 3.19. The molecular formula is C40H53N11O6. The van der Waals surface area contributed by atoms with E-state index in [0.29, 0.717) is 31.2 Å². The highest BCUT2D eigenvalue weighted by molar-refractivity contribution is 5.98. The Bertz CT molecular complexity index is 1960. The van der Waals surface area contributed by atoms with Gasteiger partial charge in [0.1, 0.15) is 36.0 Å². The predicted molar refractivity (Wildman–Crippen MR) is 216 cm³/mol. The first-order chi connectivity index (χ1) is 27.4. The molecule has 17 nitrogen and oxygen atoms in total. The average molecular weight is 784 g/mol. The standard InChI is InChI=1S/C40H53N11O6/c41-39(42)45-18-5-9-29-34(53)47-30(10-6-19-46-40(43)44)35(54)50-32(23-25-12-15-26-7-1-2-8-27(26)21-25)38(57)51-20-4-3-11-33(51)37(56)49-31(36(55)48-29)22-24-13-16-28(52)17-14-24/h1-2,7-8,12-17,21,29-33,52H,3-6,9-11,18-20,22-23H2,(H,47,53)(H,48,55)(H,49,56)(H,50,54)(H4,41,42,45)(H4,43,44,46)/t29-,30+,31-,32+,33-/m1/s1. The van der Waals surface area contributed by atoms with E-state index in [1.807, 2.05) is 42.5 Å². The van der Waals surface area contributed by atoms with E-state index in [2.05, 4.69) is 31.3 Å². The van der Waals surface area contributed by atoms with Gasteiger partial charge in [-0.05, 0) is 79.0 Å². The third kappa shape index (κ3) is 12.0. The van der Waals surface area contributed by atoms with Gasteiger partial charge in [-0.2, -0.15) is 0 Å². The number of amides is 5. The van der Waals surface area contributed by atoms with Gasteiger partial charge in [0.25, 0.3) is 0 Å². The lowest BCUT2D eigenvalue weighted by Gasteiger charge is -2.38. The van der Waals surface area contributed by atoms with Crippen molar-refractivity contribution in [2.45, 2.75) is 88.0 Å². The van der Waals surface area contributed by atoms with Crippen molar-refractivity contribution in [3.63, 3.8) is 0 Å². The van der Waals surface area contributed by atoms with Crippen LogP contribution in [0, 0.1) is 0 Å². The Labute approximate surface area is 331 Å². The zero-order valence-corrected chi connectivity index (χ0v) is 31.9. The van der Waals surface area contributed by atoms with Crippen molar-refractivity contribution in [2.24, 2.45) is 32.9 Å². The molecule has 57 heavy (non-hydrogen) atoms. The van der Waals surface area contributed by atoms with Crippen molar-refractivity contribution in [3.05, 3.63) is 77.9 Å². The van der Waals surface area contributed by atoms with Crippen LogP contribution < -0.4 is 44.2 Å². The Kier molecular flexibility index (Phi) is 14.6. The Morgan fingerprint density at radius 2 is 1.16 bits per heavy atom. The number of piperidine rings is 1. The van der Waals surface area contributed by atoms with Gasteiger partial charge in [0, 0.05) is 32.5 Å². The van der Waals surface area contributed by atoms with Gasteiger partial charge in [-0.1, -0.05) is 54.6 Å². The van der Waals surface area contributed by atoms with Gasteiger partial charge in [-0.15, -0.1) is 0 Å². The van der Waals surface area contributed by atoms with E-state index in [0.717, 1.165) is 16.3 Å². The Balaban J connectivity index is 1.54.